The number of hydrogen-bond donors (Lipinski definition) is 1. The molecule has 0 radical (unpaired) electrons. The van der Waals surface area contributed by atoms with Crippen molar-refractivity contribution >= 4 is 22.9 Å². The van der Waals surface area contributed by atoms with Gasteiger partial charge < -0.3 is 14.8 Å². The topological polar surface area (TPSA) is 50.2 Å². The predicted octanol–water partition coefficient (Wildman–Crippen LogP) is 4.87. The summed E-state index contributed by atoms with van der Waals surface area (Å²) in [6.07, 6.45) is 1.99. The molecule has 4 aromatic rings. The molecule has 0 saturated carbocycles. The van der Waals surface area contributed by atoms with Gasteiger partial charge in [0.1, 0.15) is 5.82 Å². The van der Waals surface area contributed by atoms with Crippen LogP contribution in [0.3, 0.4) is 0 Å². The molecular formula is C27H27FN4O. The Morgan fingerprint density at radius 3 is 2.39 bits per heavy atom. The van der Waals surface area contributed by atoms with Crippen molar-refractivity contribution in [3.8, 4) is 0 Å². The lowest BCUT2D eigenvalue weighted by Gasteiger charge is -2.33. The summed E-state index contributed by atoms with van der Waals surface area (Å²) in [5, 5.41) is 3.08. The van der Waals surface area contributed by atoms with Crippen LogP contribution in [0.2, 0.25) is 0 Å². The molecule has 5 rings (SSSR count). The summed E-state index contributed by atoms with van der Waals surface area (Å²) < 4.78 is 15.6. The van der Waals surface area contributed by atoms with Crippen LogP contribution in [0.1, 0.15) is 28.8 Å². The molecule has 0 atom stereocenters. The average Bonchev–Trinajstić information content (AvgIpc) is 3.23. The van der Waals surface area contributed by atoms with E-state index in [2.05, 4.69) is 20.9 Å². The Labute approximate surface area is 192 Å². The summed E-state index contributed by atoms with van der Waals surface area (Å²) in [5.41, 5.74) is 3.78. The van der Waals surface area contributed by atoms with Crippen molar-refractivity contribution in [1.82, 2.24) is 14.9 Å². The molecule has 168 valence electrons. The summed E-state index contributed by atoms with van der Waals surface area (Å²) in [5.74, 6) is 1.16. The van der Waals surface area contributed by atoms with Gasteiger partial charge in [0.15, 0.2) is 0 Å². The van der Waals surface area contributed by atoms with E-state index in [1.165, 1.54) is 12.1 Å². The van der Waals surface area contributed by atoms with E-state index in [1.807, 2.05) is 60.7 Å². The zero-order valence-electron chi connectivity index (χ0n) is 18.5. The number of para-hydroxylation sites is 2. The fraction of sp³-hybridized carbons (Fsp3) is 0.259. The molecule has 5 nitrogen and oxygen atoms in total. The van der Waals surface area contributed by atoms with Crippen LogP contribution in [0.4, 0.5) is 10.3 Å². The lowest BCUT2D eigenvalue weighted by molar-refractivity contribution is 0.0945. The minimum atomic E-state index is -0.226. The second-order valence-corrected chi connectivity index (χ2v) is 8.62. The molecule has 33 heavy (non-hydrogen) atoms. The number of carbonyl (C=O) groups is 1. The number of piperidine rings is 1. The van der Waals surface area contributed by atoms with E-state index in [4.69, 9.17) is 4.98 Å². The highest BCUT2D eigenvalue weighted by atomic mass is 19.1. The molecule has 1 fully saturated rings. The van der Waals surface area contributed by atoms with E-state index < -0.39 is 0 Å². The van der Waals surface area contributed by atoms with E-state index in [1.54, 1.807) is 0 Å². The summed E-state index contributed by atoms with van der Waals surface area (Å²) in [7, 11) is 0. The minimum absolute atomic E-state index is 0.0147. The van der Waals surface area contributed by atoms with Gasteiger partial charge in [-0.25, -0.2) is 9.37 Å². The molecule has 1 aromatic heterocycles. The van der Waals surface area contributed by atoms with Gasteiger partial charge in [-0.3, -0.25) is 4.79 Å². The largest absolute Gasteiger partial charge is 0.352 e. The second-order valence-electron chi connectivity index (χ2n) is 8.62. The highest BCUT2D eigenvalue weighted by molar-refractivity contribution is 5.94. The molecule has 2 heterocycles. The maximum absolute atomic E-state index is 13.4. The lowest BCUT2D eigenvalue weighted by Crippen LogP contribution is -2.39. The number of amides is 1. The van der Waals surface area contributed by atoms with Crippen LogP contribution in [0.25, 0.3) is 11.0 Å². The molecule has 1 saturated heterocycles. The number of rotatable bonds is 6. The molecule has 0 unspecified atom stereocenters. The number of carbonyl (C=O) groups excluding carboxylic acids is 1. The monoisotopic (exact) mass is 442 g/mol. The number of halogens is 1. The van der Waals surface area contributed by atoms with Gasteiger partial charge in [-0.2, -0.15) is 0 Å². The van der Waals surface area contributed by atoms with Crippen LogP contribution in [0.5, 0.6) is 0 Å². The molecule has 1 amide bonds. The van der Waals surface area contributed by atoms with E-state index >= 15 is 0 Å². The van der Waals surface area contributed by atoms with Gasteiger partial charge in [0.2, 0.25) is 5.95 Å². The van der Waals surface area contributed by atoms with Crippen LogP contribution >= 0.6 is 0 Å². The molecule has 6 heteroatoms. The van der Waals surface area contributed by atoms with Gasteiger partial charge in [-0.15, -0.1) is 0 Å². The number of nitrogens with one attached hydrogen (secondary N) is 1. The maximum atomic E-state index is 13.4. The van der Waals surface area contributed by atoms with Gasteiger partial charge in [0.25, 0.3) is 5.91 Å². The first-order valence-electron chi connectivity index (χ1n) is 11.5. The highest BCUT2D eigenvalue weighted by Crippen LogP contribution is 2.28. The molecular weight excluding hydrogens is 415 g/mol. The first kappa shape index (κ1) is 21.2. The van der Waals surface area contributed by atoms with Crippen molar-refractivity contribution in [1.29, 1.82) is 0 Å². The first-order valence-corrected chi connectivity index (χ1v) is 11.5. The molecule has 1 aliphatic heterocycles. The Balaban J connectivity index is 1.27. The predicted molar refractivity (Wildman–Crippen MR) is 129 cm³/mol. The third kappa shape index (κ3) is 4.75. The molecule has 3 aromatic carbocycles. The second kappa shape index (κ2) is 9.45. The number of anilines is 1. The number of benzene rings is 3. The van der Waals surface area contributed by atoms with E-state index in [9.17, 15) is 9.18 Å². The summed E-state index contributed by atoms with van der Waals surface area (Å²) in [4.78, 5) is 19.6. The highest BCUT2D eigenvalue weighted by Gasteiger charge is 2.24. The normalized spacial score (nSPS) is 14.5. The molecule has 0 aliphatic carbocycles. The Kier molecular flexibility index (Phi) is 6.07. The maximum Gasteiger partial charge on any atom is 0.251 e. The van der Waals surface area contributed by atoms with Gasteiger partial charge >= 0.3 is 0 Å². The quantitative estimate of drug-likeness (QED) is 0.464. The van der Waals surface area contributed by atoms with Crippen molar-refractivity contribution in [2.45, 2.75) is 19.4 Å². The summed E-state index contributed by atoms with van der Waals surface area (Å²) in [6.45, 7) is 3.11. The van der Waals surface area contributed by atoms with Gasteiger partial charge in [0.05, 0.1) is 17.6 Å². The Hall–Kier alpha value is -3.67. The zero-order chi connectivity index (χ0) is 22.6. The van der Waals surface area contributed by atoms with E-state index in [-0.39, 0.29) is 11.7 Å². The molecule has 1 aliphatic rings. The van der Waals surface area contributed by atoms with Crippen molar-refractivity contribution in [2.24, 2.45) is 5.92 Å². The van der Waals surface area contributed by atoms with E-state index in [0.717, 1.165) is 48.5 Å². The Bertz CT molecular complexity index is 1230. The number of hydrogen-bond acceptors (Lipinski definition) is 3. The molecule has 0 spiro atoms. The van der Waals surface area contributed by atoms with Crippen molar-refractivity contribution < 1.29 is 9.18 Å². The Morgan fingerprint density at radius 1 is 0.939 bits per heavy atom. The average molecular weight is 443 g/mol. The smallest absolute Gasteiger partial charge is 0.251 e. The van der Waals surface area contributed by atoms with Crippen LogP contribution in [-0.2, 0) is 6.54 Å². The number of aromatic nitrogens is 2. The van der Waals surface area contributed by atoms with Gasteiger partial charge in [-0.1, -0.05) is 42.5 Å². The van der Waals surface area contributed by atoms with Crippen molar-refractivity contribution in [3.63, 3.8) is 0 Å². The summed E-state index contributed by atoms with van der Waals surface area (Å²) >= 11 is 0. The number of imidazole rings is 1. The minimum Gasteiger partial charge on any atom is -0.352 e. The van der Waals surface area contributed by atoms with Crippen molar-refractivity contribution in [3.05, 3.63) is 95.8 Å². The molecule has 1 N–H and O–H groups in total. The third-order valence-corrected chi connectivity index (χ3v) is 6.37. The van der Waals surface area contributed by atoms with Crippen LogP contribution in [0.15, 0.2) is 78.9 Å². The van der Waals surface area contributed by atoms with Crippen LogP contribution < -0.4 is 10.2 Å². The van der Waals surface area contributed by atoms with Crippen molar-refractivity contribution in [2.75, 3.05) is 24.5 Å². The number of fused-ring (bicyclic) bond motifs is 1. The zero-order valence-corrected chi connectivity index (χ0v) is 18.5. The molecule has 0 bridgehead atoms. The standard InChI is InChI=1S/C27H27FN4O/c28-23-12-10-21(11-13-23)19-32-25-9-5-4-8-24(25)30-27(32)31-16-14-20(15-17-31)18-29-26(33)22-6-2-1-3-7-22/h1-13,20H,14-19H2,(H,29,33). The lowest BCUT2D eigenvalue weighted by atomic mass is 9.97. The number of nitrogens with zero attached hydrogens (tertiary/aromatic N) is 3. The van der Waals surface area contributed by atoms with Crippen LogP contribution in [0, 0.1) is 11.7 Å². The van der Waals surface area contributed by atoms with Crippen LogP contribution in [-0.4, -0.2) is 35.1 Å². The fourth-order valence-corrected chi connectivity index (χ4v) is 4.50. The first-order chi connectivity index (χ1) is 16.2. The third-order valence-electron chi connectivity index (χ3n) is 6.37. The van der Waals surface area contributed by atoms with E-state index in [0.29, 0.717) is 24.6 Å². The Morgan fingerprint density at radius 2 is 1.64 bits per heavy atom. The van der Waals surface area contributed by atoms with Gasteiger partial charge in [0, 0.05) is 25.2 Å². The van der Waals surface area contributed by atoms with Gasteiger partial charge in [-0.05, 0) is 60.7 Å². The SMILES string of the molecule is O=C(NCC1CCN(c2nc3ccccc3n2Cc2ccc(F)cc2)CC1)c1ccccc1. The fourth-order valence-electron chi connectivity index (χ4n) is 4.50. The summed E-state index contributed by atoms with van der Waals surface area (Å²) in [6, 6.07) is 24.2.